The van der Waals surface area contributed by atoms with E-state index in [1.165, 1.54) is 29.2 Å². The summed E-state index contributed by atoms with van der Waals surface area (Å²) in [6, 6.07) is 5.81. The molecule has 2 aromatic rings. The number of ether oxygens (including phenoxy) is 2. The summed E-state index contributed by atoms with van der Waals surface area (Å²) in [4.78, 5) is 39.7. The van der Waals surface area contributed by atoms with Gasteiger partial charge in [0.05, 0.1) is 24.2 Å². The van der Waals surface area contributed by atoms with Gasteiger partial charge < -0.3 is 14.4 Å². The Morgan fingerprint density at radius 2 is 1.97 bits per heavy atom. The van der Waals surface area contributed by atoms with Crippen LogP contribution in [0.1, 0.15) is 62.0 Å². The predicted molar refractivity (Wildman–Crippen MR) is 129 cm³/mol. The lowest BCUT2D eigenvalue weighted by atomic mass is 10.0. The highest BCUT2D eigenvalue weighted by molar-refractivity contribution is 6.05. The molecule has 0 radical (unpaired) electrons. The van der Waals surface area contributed by atoms with Crippen LogP contribution in [0.3, 0.4) is 0 Å². The van der Waals surface area contributed by atoms with E-state index in [2.05, 4.69) is 5.32 Å². The van der Waals surface area contributed by atoms with Gasteiger partial charge in [-0.3, -0.25) is 24.6 Å². The molecule has 0 spiro atoms. The van der Waals surface area contributed by atoms with E-state index in [0.717, 1.165) is 12.1 Å². The molecule has 3 aliphatic heterocycles. The van der Waals surface area contributed by atoms with Crippen LogP contribution >= 0.6 is 0 Å². The molecule has 0 aromatic heterocycles. The third kappa shape index (κ3) is 4.99. The molecule has 2 fully saturated rings. The zero-order chi connectivity index (χ0) is 30.8. The number of carbonyl (C=O) groups excluding carboxylic acids is 3. The van der Waals surface area contributed by atoms with Gasteiger partial charge in [0.2, 0.25) is 11.8 Å². The highest BCUT2D eigenvalue weighted by atomic mass is 19.1. The van der Waals surface area contributed by atoms with Crippen molar-refractivity contribution in [3.8, 4) is 5.75 Å². The summed E-state index contributed by atoms with van der Waals surface area (Å²) in [5.74, 6) is -3.61. The van der Waals surface area contributed by atoms with E-state index in [1.807, 2.05) is 13.8 Å². The zero-order valence-electron chi connectivity index (χ0n) is 25.8. The molecule has 0 bridgehead atoms. The minimum atomic E-state index is -2.93. The summed E-state index contributed by atoms with van der Waals surface area (Å²) < 4.78 is 78.7. The van der Waals surface area contributed by atoms with E-state index in [9.17, 15) is 14.4 Å². The zero-order valence-corrected chi connectivity index (χ0v) is 19.8. The van der Waals surface area contributed by atoms with E-state index < -0.39 is 60.4 Å². The average Bonchev–Trinajstić information content (AvgIpc) is 3.09. The van der Waals surface area contributed by atoms with Gasteiger partial charge in [-0.25, -0.2) is 4.39 Å². The molecule has 3 unspecified atom stereocenters. The van der Waals surface area contributed by atoms with Crippen LogP contribution in [-0.2, 0) is 33.9 Å². The van der Waals surface area contributed by atoms with E-state index in [1.54, 1.807) is 0 Å². The minimum absolute atomic E-state index is 0.0134. The molecule has 9 heteroatoms. The maximum atomic E-state index is 15.1. The summed E-state index contributed by atoms with van der Waals surface area (Å²) in [6.07, 6.45) is -0.696. The molecule has 190 valence electrons. The standard InChI is InChI=1S/C27H30FN3O5/c1-16-11-30(12-17(2)36-16)13-18-6-7-22(28)19(10-18)15-35-24-5-3-4-20-21(24)14-31(27(20)34)23-8-9-25(32)29-26(23)33/h3-7,10,16-17,23H,8-9,11-15H2,1-2H3,(H,29,32,33)/i13D2,14D2,15D2. The fraction of sp³-hybridized carbons (Fsp3) is 0.444. The normalized spacial score (nSPS) is 29.2. The Kier molecular flexibility index (Phi) is 5.00. The fourth-order valence-electron chi connectivity index (χ4n) is 4.59. The number of nitrogens with zero attached hydrogens (tertiary/aromatic N) is 2. The molecule has 0 saturated carbocycles. The van der Waals surface area contributed by atoms with Gasteiger partial charge in [-0.15, -0.1) is 0 Å². The number of hydrogen-bond donors (Lipinski definition) is 1. The van der Waals surface area contributed by atoms with Gasteiger partial charge in [0.1, 0.15) is 24.2 Å². The van der Waals surface area contributed by atoms with Crippen molar-refractivity contribution in [3.05, 3.63) is 64.5 Å². The monoisotopic (exact) mass is 501 g/mol. The van der Waals surface area contributed by atoms with Crippen molar-refractivity contribution >= 4 is 17.7 Å². The molecule has 3 atom stereocenters. The van der Waals surface area contributed by atoms with Crippen LogP contribution in [0.15, 0.2) is 36.4 Å². The number of benzene rings is 2. The summed E-state index contributed by atoms with van der Waals surface area (Å²) in [5, 5.41) is 2.11. The first-order valence-electron chi connectivity index (χ1n) is 14.7. The molecule has 3 amide bonds. The van der Waals surface area contributed by atoms with E-state index >= 15 is 4.39 Å². The Morgan fingerprint density at radius 1 is 1.19 bits per heavy atom. The lowest BCUT2D eigenvalue weighted by Gasteiger charge is -2.35. The van der Waals surface area contributed by atoms with Crippen molar-refractivity contribution < 1.29 is 36.5 Å². The largest absolute Gasteiger partial charge is 0.488 e. The predicted octanol–water partition coefficient (Wildman–Crippen LogP) is 2.77. The average molecular weight is 502 g/mol. The number of halogens is 1. The third-order valence-electron chi connectivity index (χ3n) is 6.17. The molecule has 3 heterocycles. The lowest BCUT2D eigenvalue weighted by molar-refractivity contribution is -0.136. The van der Waals surface area contributed by atoms with Crippen LogP contribution in [0.4, 0.5) is 4.39 Å². The van der Waals surface area contributed by atoms with E-state index in [0.29, 0.717) is 4.90 Å². The summed E-state index contributed by atoms with van der Waals surface area (Å²) >= 11 is 0. The first kappa shape index (κ1) is 18.0. The SMILES string of the molecule is [2H]C([2H])(Oc1cccc2c1C([2H])([2H])N(C1CCC(=O)NC1=O)C2=O)c1cc(C([2H])([2H])N2CC(C)OC(C)C2)ccc1F. The molecule has 5 rings (SSSR count). The van der Waals surface area contributed by atoms with Crippen LogP contribution in [-0.4, -0.2) is 58.9 Å². The number of imide groups is 1. The number of nitrogens with one attached hydrogen (secondary N) is 1. The van der Waals surface area contributed by atoms with Crippen LogP contribution < -0.4 is 10.1 Å². The van der Waals surface area contributed by atoms with Gasteiger partial charge in [0, 0.05) is 45.4 Å². The van der Waals surface area contributed by atoms with E-state index in [4.69, 9.17) is 17.7 Å². The number of piperidine rings is 1. The topological polar surface area (TPSA) is 88.2 Å². The number of fused-ring (bicyclic) bond motifs is 1. The first-order valence-corrected chi connectivity index (χ1v) is 11.7. The van der Waals surface area contributed by atoms with Crippen LogP contribution in [0.5, 0.6) is 5.75 Å². The van der Waals surface area contributed by atoms with Gasteiger partial charge in [-0.1, -0.05) is 12.1 Å². The van der Waals surface area contributed by atoms with Crippen molar-refractivity contribution in [1.82, 2.24) is 15.1 Å². The van der Waals surface area contributed by atoms with Crippen molar-refractivity contribution in [1.29, 1.82) is 0 Å². The van der Waals surface area contributed by atoms with E-state index in [-0.39, 0.29) is 54.8 Å². The lowest BCUT2D eigenvalue weighted by Crippen LogP contribution is -2.52. The van der Waals surface area contributed by atoms with Crippen LogP contribution in [0.2, 0.25) is 0 Å². The van der Waals surface area contributed by atoms with Crippen LogP contribution in [0, 0.1) is 5.82 Å². The highest BCUT2D eigenvalue weighted by Gasteiger charge is 2.40. The number of hydrogen-bond acceptors (Lipinski definition) is 6. The molecule has 1 N–H and O–H groups in total. The molecule has 2 saturated heterocycles. The summed E-state index contributed by atoms with van der Waals surface area (Å²) in [7, 11) is 0. The number of morpholine rings is 1. The molecule has 0 aliphatic carbocycles. The maximum absolute atomic E-state index is 15.1. The van der Waals surface area contributed by atoms with Crippen molar-refractivity contribution in [3.63, 3.8) is 0 Å². The van der Waals surface area contributed by atoms with Crippen LogP contribution in [0.25, 0.3) is 0 Å². The first-order chi connectivity index (χ1) is 19.5. The Labute approximate surface area is 217 Å². The molecule has 8 nitrogen and oxygen atoms in total. The third-order valence-corrected chi connectivity index (χ3v) is 6.17. The smallest absolute Gasteiger partial charge is 0.255 e. The second kappa shape index (κ2) is 9.99. The fourth-order valence-corrected chi connectivity index (χ4v) is 4.59. The second-order valence-corrected chi connectivity index (χ2v) is 9.11. The number of carbonyl (C=O) groups is 3. The maximum Gasteiger partial charge on any atom is 0.255 e. The number of rotatable bonds is 6. The molecule has 3 aliphatic rings. The Morgan fingerprint density at radius 3 is 2.72 bits per heavy atom. The minimum Gasteiger partial charge on any atom is -0.488 e. The molecule has 2 aromatic carbocycles. The van der Waals surface area contributed by atoms with Crippen molar-refractivity contribution in [2.24, 2.45) is 0 Å². The Balaban J connectivity index is 1.48. The van der Waals surface area contributed by atoms with Crippen molar-refractivity contribution in [2.45, 2.75) is 64.5 Å². The Hall–Kier alpha value is -3.30. The van der Waals surface area contributed by atoms with Gasteiger partial charge in [0.25, 0.3) is 5.91 Å². The Bertz CT molecular complexity index is 1450. The molecular formula is C27H30FN3O5. The molecular weight excluding hydrogens is 465 g/mol. The quantitative estimate of drug-likeness (QED) is 0.613. The van der Waals surface area contributed by atoms with Crippen molar-refractivity contribution in [2.75, 3.05) is 13.1 Å². The summed E-state index contributed by atoms with van der Waals surface area (Å²) in [5.41, 5.74) is -1.14. The van der Waals surface area contributed by atoms with Gasteiger partial charge >= 0.3 is 0 Å². The number of amides is 3. The highest BCUT2D eigenvalue weighted by Crippen LogP contribution is 2.34. The van der Waals surface area contributed by atoms with Gasteiger partial charge in [-0.2, -0.15) is 0 Å². The summed E-state index contributed by atoms with van der Waals surface area (Å²) in [6.45, 7) is -3.53. The van der Waals surface area contributed by atoms with Gasteiger partial charge in [-0.05, 0) is 50.1 Å². The molecule has 36 heavy (non-hydrogen) atoms. The van der Waals surface area contributed by atoms with Gasteiger partial charge in [0.15, 0.2) is 0 Å². The second-order valence-electron chi connectivity index (χ2n) is 9.11.